The molecule has 0 spiro atoms. The molecule has 0 saturated heterocycles. The van der Waals surface area contributed by atoms with Crippen LogP contribution in [0.1, 0.15) is 47.1 Å². The predicted molar refractivity (Wildman–Crippen MR) is 117 cm³/mol. The third-order valence-electron chi connectivity index (χ3n) is 6.01. The summed E-state index contributed by atoms with van der Waals surface area (Å²) in [6, 6.07) is 16.1. The molecular weight excluding hydrogens is 349 g/mol. The molecule has 0 aliphatic rings. The molecule has 2 N–H and O–H groups in total. The molecule has 5 heteroatoms. The van der Waals surface area contributed by atoms with Crippen LogP contribution in [0.5, 0.6) is 0 Å². The monoisotopic (exact) mass is 379 g/mol. The lowest BCUT2D eigenvalue weighted by atomic mass is 9.76. The maximum Gasteiger partial charge on any atom is 0.489 e. The van der Waals surface area contributed by atoms with Gasteiger partial charge in [-0.05, 0) is 38.4 Å². The predicted octanol–water partition coefficient (Wildman–Crippen LogP) is 3.79. The SMILES string of the molecule is CC(C)[Si](c1c(-c2ccccc2)ccc(B(O)O)c1C#N)(C(C)C)C(C)C. The molecule has 0 aliphatic carbocycles. The van der Waals surface area contributed by atoms with E-state index in [0.717, 1.165) is 16.3 Å². The fourth-order valence-corrected chi connectivity index (χ4v) is 12.2. The lowest BCUT2D eigenvalue weighted by Gasteiger charge is -2.45. The standard InChI is InChI=1S/C22H30BNO2Si/c1-15(2)27(16(3)4,17(5)6)22-19(18-10-8-7-9-11-18)12-13-21(23(25)26)20(22)14-24/h7-13,15-17,25-26H,1-6H3. The lowest BCUT2D eigenvalue weighted by molar-refractivity contribution is 0.425. The topological polar surface area (TPSA) is 64.2 Å². The summed E-state index contributed by atoms with van der Waals surface area (Å²) in [5, 5.41) is 31.0. The second kappa shape index (κ2) is 8.43. The van der Waals surface area contributed by atoms with Gasteiger partial charge in [0, 0.05) is 0 Å². The third-order valence-corrected chi connectivity index (χ3v) is 13.1. The minimum Gasteiger partial charge on any atom is -0.423 e. The minimum absolute atomic E-state index is 0.311. The molecule has 0 aliphatic heterocycles. The van der Waals surface area contributed by atoms with Gasteiger partial charge < -0.3 is 10.0 Å². The maximum atomic E-state index is 10.1. The van der Waals surface area contributed by atoms with Crippen LogP contribution in [0.2, 0.25) is 16.6 Å². The van der Waals surface area contributed by atoms with Crippen LogP contribution in [0, 0.1) is 11.3 Å². The molecule has 0 aromatic heterocycles. The summed E-state index contributed by atoms with van der Waals surface area (Å²) in [6.45, 7) is 13.5. The summed E-state index contributed by atoms with van der Waals surface area (Å²) < 4.78 is 0. The van der Waals surface area contributed by atoms with Gasteiger partial charge in [0.2, 0.25) is 0 Å². The summed E-state index contributed by atoms with van der Waals surface area (Å²) in [6.07, 6.45) is 0. The Labute approximate surface area is 164 Å². The zero-order chi connectivity index (χ0) is 20.4. The van der Waals surface area contributed by atoms with Gasteiger partial charge in [-0.1, -0.05) is 84.0 Å². The van der Waals surface area contributed by atoms with E-state index in [1.165, 1.54) is 0 Å². The average molecular weight is 379 g/mol. The molecule has 2 aromatic carbocycles. The minimum atomic E-state index is -2.22. The molecule has 0 atom stereocenters. The molecule has 2 aromatic rings. The maximum absolute atomic E-state index is 10.1. The lowest BCUT2D eigenvalue weighted by Crippen LogP contribution is -2.59. The Kier molecular flexibility index (Phi) is 6.69. The first kappa shape index (κ1) is 21.4. The molecule has 142 valence electrons. The van der Waals surface area contributed by atoms with Crippen molar-refractivity contribution in [3.63, 3.8) is 0 Å². The molecule has 0 saturated carbocycles. The van der Waals surface area contributed by atoms with Crippen LogP contribution in [0.3, 0.4) is 0 Å². The zero-order valence-corrected chi connectivity index (χ0v) is 18.2. The number of rotatable bonds is 6. The highest BCUT2D eigenvalue weighted by Crippen LogP contribution is 2.43. The number of hydrogen-bond acceptors (Lipinski definition) is 3. The van der Waals surface area contributed by atoms with E-state index in [0.29, 0.717) is 27.6 Å². The van der Waals surface area contributed by atoms with Crippen molar-refractivity contribution in [3.8, 4) is 17.2 Å². The second-order valence-corrected chi connectivity index (χ2v) is 14.0. The fourth-order valence-electron chi connectivity index (χ4n) is 5.13. The summed E-state index contributed by atoms with van der Waals surface area (Å²) in [4.78, 5) is 0. The molecule has 0 amide bonds. The molecule has 27 heavy (non-hydrogen) atoms. The molecule has 3 nitrogen and oxygen atoms in total. The highest BCUT2D eigenvalue weighted by Gasteiger charge is 2.47. The van der Waals surface area contributed by atoms with Gasteiger partial charge >= 0.3 is 7.12 Å². The fraction of sp³-hybridized carbons (Fsp3) is 0.409. The Balaban J connectivity index is 3.06. The van der Waals surface area contributed by atoms with Crippen LogP contribution in [-0.2, 0) is 0 Å². The van der Waals surface area contributed by atoms with Gasteiger partial charge in [0.25, 0.3) is 0 Å². The van der Waals surface area contributed by atoms with Crippen LogP contribution >= 0.6 is 0 Å². The van der Waals surface area contributed by atoms with Gasteiger partial charge in [-0.2, -0.15) is 5.26 Å². The van der Waals surface area contributed by atoms with Crippen molar-refractivity contribution in [2.24, 2.45) is 0 Å². The van der Waals surface area contributed by atoms with Crippen molar-refractivity contribution in [1.29, 1.82) is 5.26 Å². The zero-order valence-electron chi connectivity index (χ0n) is 17.2. The summed E-state index contributed by atoms with van der Waals surface area (Å²) in [5.74, 6) is 0. The quantitative estimate of drug-likeness (QED) is 0.751. The van der Waals surface area contributed by atoms with Crippen LogP contribution < -0.4 is 10.6 Å². The smallest absolute Gasteiger partial charge is 0.423 e. The van der Waals surface area contributed by atoms with Crippen LogP contribution in [0.15, 0.2) is 42.5 Å². The molecule has 2 rings (SSSR count). The Bertz CT molecular complexity index is 804. The highest BCUT2D eigenvalue weighted by molar-refractivity contribution is 6.96. The van der Waals surface area contributed by atoms with Gasteiger partial charge in [0.1, 0.15) is 0 Å². The average Bonchev–Trinajstić information content (AvgIpc) is 2.61. The normalized spacial score (nSPS) is 11.9. The van der Waals surface area contributed by atoms with E-state index < -0.39 is 15.2 Å². The molecule has 0 radical (unpaired) electrons. The van der Waals surface area contributed by atoms with Crippen molar-refractivity contribution in [2.75, 3.05) is 0 Å². The van der Waals surface area contributed by atoms with Gasteiger partial charge in [-0.15, -0.1) is 0 Å². The van der Waals surface area contributed by atoms with Gasteiger partial charge in [-0.25, -0.2) is 0 Å². The second-order valence-electron chi connectivity index (χ2n) is 8.20. The van der Waals surface area contributed by atoms with E-state index in [9.17, 15) is 15.3 Å². The number of nitriles is 1. The highest BCUT2D eigenvalue weighted by atomic mass is 28.3. The van der Waals surface area contributed by atoms with Crippen molar-refractivity contribution < 1.29 is 10.0 Å². The Morgan fingerprint density at radius 3 is 1.78 bits per heavy atom. The van der Waals surface area contributed by atoms with Gasteiger partial charge in [-0.3, -0.25) is 0 Å². The summed E-state index contributed by atoms with van der Waals surface area (Å²) >= 11 is 0. The van der Waals surface area contributed by atoms with Crippen molar-refractivity contribution in [2.45, 2.75) is 58.2 Å². The molecule has 0 fully saturated rings. The largest absolute Gasteiger partial charge is 0.489 e. The first-order valence-electron chi connectivity index (χ1n) is 9.68. The Morgan fingerprint density at radius 2 is 1.37 bits per heavy atom. The molecule has 0 heterocycles. The first-order chi connectivity index (χ1) is 12.7. The Morgan fingerprint density at radius 1 is 0.852 bits per heavy atom. The van der Waals surface area contributed by atoms with E-state index in [-0.39, 0.29) is 0 Å². The molecule has 0 unspecified atom stereocenters. The molecule has 0 bridgehead atoms. The van der Waals surface area contributed by atoms with E-state index in [1.54, 1.807) is 6.07 Å². The third kappa shape index (κ3) is 3.62. The van der Waals surface area contributed by atoms with E-state index >= 15 is 0 Å². The molecular formula is C22H30BNO2Si. The summed E-state index contributed by atoms with van der Waals surface area (Å²) in [5.41, 5.74) is 4.09. The van der Waals surface area contributed by atoms with Crippen molar-refractivity contribution >= 4 is 25.8 Å². The van der Waals surface area contributed by atoms with Crippen LogP contribution in [-0.4, -0.2) is 25.2 Å². The summed E-state index contributed by atoms with van der Waals surface area (Å²) in [7, 11) is -3.87. The van der Waals surface area contributed by atoms with Crippen molar-refractivity contribution in [1.82, 2.24) is 0 Å². The first-order valence-corrected chi connectivity index (χ1v) is 11.9. The number of hydrogen-bond donors (Lipinski definition) is 2. The van der Waals surface area contributed by atoms with Crippen LogP contribution in [0.4, 0.5) is 0 Å². The number of benzene rings is 2. The van der Waals surface area contributed by atoms with Gasteiger partial charge in [0.15, 0.2) is 0 Å². The number of nitrogens with zero attached hydrogens (tertiary/aromatic N) is 1. The van der Waals surface area contributed by atoms with E-state index in [4.69, 9.17) is 0 Å². The van der Waals surface area contributed by atoms with E-state index in [1.807, 2.05) is 24.3 Å². The van der Waals surface area contributed by atoms with E-state index in [2.05, 4.69) is 59.7 Å². The van der Waals surface area contributed by atoms with Crippen LogP contribution in [0.25, 0.3) is 11.1 Å². The van der Waals surface area contributed by atoms with Crippen molar-refractivity contribution in [3.05, 3.63) is 48.0 Å². The Hall–Kier alpha value is -1.87. The van der Waals surface area contributed by atoms with Gasteiger partial charge in [0.05, 0.1) is 19.7 Å².